The summed E-state index contributed by atoms with van der Waals surface area (Å²) >= 11 is 1.07. The predicted molar refractivity (Wildman–Crippen MR) is 42.8 cm³/mol. The predicted octanol–water partition coefficient (Wildman–Crippen LogP) is -0.0606. The number of amides is 1. The number of rotatable bonds is 2. The first-order valence-corrected chi connectivity index (χ1v) is 3.79. The lowest BCUT2D eigenvalue weighted by Gasteiger charge is -1.89. The molecule has 0 unspecified atom stereocenters. The van der Waals surface area contributed by atoms with Crippen molar-refractivity contribution in [3.8, 4) is 0 Å². The first kappa shape index (κ1) is 7.93. The summed E-state index contributed by atoms with van der Waals surface area (Å²) in [5, 5.41) is 5.57. The minimum atomic E-state index is -0.205. The molecule has 11 heavy (non-hydrogen) atoms. The molecule has 1 amide bonds. The quantitative estimate of drug-likeness (QED) is 0.655. The van der Waals surface area contributed by atoms with Crippen molar-refractivity contribution in [3.63, 3.8) is 0 Å². The summed E-state index contributed by atoms with van der Waals surface area (Å²) in [6, 6.07) is 0. The maximum atomic E-state index is 10.9. The molecule has 6 heteroatoms. The Hall–Kier alpha value is -1.17. The lowest BCUT2D eigenvalue weighted by Crippen LogP contribution is -2.17. The van der Waals surface area contributed by atoms with Crippen LogP contribution in [0.3, 0.4) is 0 Å². The number of nitrogens with one attached hydrogen (secondary N) is 2. The zero-order valence-corrected chi connectivity index (χ0v) is 7.03. The van der Waals surface area contributed by atoms with Gasteiger partial charge in [-0.15, -0.1) is 0 Å². The molecule has 0 radical (unpaired) electrons. The highest BCUT2D eigenvalue weighted by molar-refractivity contribution is 7.07. The average Bonchev–Trinajstić information content (AvgIpc) is 2.50. The average molecular weight is 172 g/mol. The van der Waals surface area contributed by atoms with E-state index in [9.17, 15) is 4.79 Å². The van der Waals surface area contributed by atoms with Gasteiger partial charge in [0.1, 0.15) is 0 Å². The summed E-state index contributed by atoms with van der Waals surface area (Å²) in [6.45, 7) is 0. The molecule has 0 aliphatic heterocycles. The SMILES string of the molecule is CNC(=O)c1nc(NC)ns1. The van der Waals surface area contributed by atoms with E-state index in [1.807, 2.05) is 0 Å². The van der Waals surface area contributed by atoms with Crippen LogP contribution in [0.5, 0.6) is 0 Å². The van der Waals surface area contributed by atoms with E-state index >= 15 is 0 Å². The van der Waals surface area contributed by atoms with E-state index in [2.05, 4.69) is 20.0 Å². The molecule has 0 saturated heterocycles. The van der Waals surface area contributed by atoms with Gasteiger partial charge < -0.3 is 10.6 Å². The summed E-state index contributed by atoms with van der Waals surface area (Å²) in [5.41, 5.74) is 0. The Labute approximate surface area is 68.0 Å². The molecule has 0 aliphatic rings. The molecule has 0 atom stereocenters. The maximum absolute atomic E-state index is 10.9. The van der Waals surface area contributed by atoms with Crippen LogP contribution in [0, 0.1) is 0 Å². The van der Waals surface area contributed by atoms with Gasteiger partial charge in [-0.1, -0.05) is 0 Å². The fourth-order valence-corrected chi connectivity index (χ4v) is 1.14. The van der Waals surface area contributed by atoms with Crippen molar-refractivity contribution >= 4 is 23.4 Å². The van der Waals surface area contributed by atoms with E-state index in [0.29, 0.717) is 11.0 Å². The molecule has 1 aromatic heterocycles. The van der Waals surface area contributed by atoms with Crippen LogP contribution in [0.2, 0.25) is 0 Å². The van der Waals surface area contributed by atoms with Crippen molar-refractivity contribution < 1.29 is 4.79 Å². The highest BCUT2D eigenvalue weighted by Gasteiger charge is 2.08. The highest BCUT2D eigenvalue weighted by Crippen LogP contribution is 2.06. The van der Waals surface area contributed by atoms with Crippen molar-refractivity contribution in [1.29, 1.82) is 0 Å². The van der Waals surface area contributed by atoms with Gasteiger partial charge in [0.25, 0.3) is 5.91 Å². The molecule has 1 aromatic rings. The van der Waals surface area contributed by atoms with Gasteiger partial charge >= 0.3 is 0 Å². The normalized spacial score (nSPS) is 9.27. The molecule has 0 bridgehead atoms. The van der Waals surface area contributed by atoms with Gasteiger partial charge in [0.05, 0.1) is 0 Å². The van der Waals surface area contributed by atoms with Crippen LogP contribution < -0.4 is 10.6 Å². The molecule has 0 spiro atoms. The number of carbonyl (C=O) groups is 1. The smallest absolute Gasteiger partial charge is 0.281 e. The first-order valence-electron chi connectivity index (χ1n) is 3.01. The number of hydrogen-bond acceptors (Lipinski definition) is 5. The van der Waals surface area contributed by atoms with Crippen molar-refractivity contribution in [2.24, 2.45) is 0 Å². The zero-order valence-electron chi connectivity index (χ0n) is 6.21. The Bertz CT molecular complexity index is 259. The van der Waals surface area contributed by atoms with E-state index in [0.717, 1.165) is 11.5 Å². The van der Waals surface area contributed by atoms with Gasteiger partial charge in [-0.25, -0.2) is 0 Å². The number of nitrogens with zero attached hydrogens (tertiary/aromatic N) is 2. The Morgan fingerprint density at radius 1 is 1.55 bits per heavy atom. The molecule has 0 fully saturated rings. The standard InChI is InChI=1S/C5H8N4OS/c1-6-3(10)4-8-5(7-2)9-11-4/h1-2H3,(H,6,10)(H,7,9). The minimum absolute atomic E-state index is 0.205. The van der Waals surface area contributed by atoms with E-state index in [1.54, 1.807) is 14.1 Å². The van der Waals surface area contributed by atoms with Crippen molar-refractivity contribution in [2.45, 2.75) is 0 Å². The monoisotopic (exact) mass is 172 g/mol. The topological polar surface area (TPSA) is 66.9 Å². The molecule has 1 rings (SSSR count). The molecule has 0 aliphatic carbocycles. The van der Waals surface area contributed by atoms with Gasteiger partial charge in [-0.05, 0) is 11.5 Å². The third-order valence-corrected chi connectivity index (χ3v) is 1.78. The lowest BCUT2D eigenvalue weighted by atomic mass is 10.6. The highest BCUT2D eigenvalue weighted by atomic mass is 32.1. The van der Waals surface area contributed by atoms with Gasteiger partial charge in [0, 0.05) is 14.1 Å². The third-order valence-electron chi connectivity index (χ3n) is 1.07. The molecular weight excluding hydrogens is 164 g/mol. The Kier molecular flexibility index (Phi) is 2.37. The Morgan fingerprint density at radius 3 is 2.73 bits per heavy atom. The summed E-state index contributed by atoms with van der Waals surface area (Å²) in [5.74, 6) is 0.276. The zero-order chi connectivity index (χ0) is 8.27. The van der Waals surface area contributed by atoms with Crippen LogP contribution in [-0.2, 0) is 0 Å². The minimum Gasteiger partial charge on any atom is -0.357 e. The largest absolute Gasteiger partial charge is 0.357 e. The molecule has 1 heterocycles. The maximum Gasteiger partial charge on any atom is 0.281 e. The Morgan fingerprint density at radius 2 is 2.27 bits per heavy atom. The van der Waals surface area contributed by atoms with Crippen LogP contribution in [0.25, 0.3) is 0 Å². The van der Waals surface area contributed by atoms with Crippen LogP contribution in [-0.4, -0.2) is 29.4 Å². The summed E-state index contributed by atoms with van der Waals surface area (Å²) in [6.07, 6.45) is 0. The van der Waals surface area contributed by atoms with E-state index in [4.69, 9.17) is 0 Å². The number of anilines is 1. The molecular formula is C5H8N4OS. The van der Waals surface area contributed by atoms with Gasteiger partial charge in [0.2, 0.25) is 11.0 Å². The molecule has 5 nitrogen and oxygen atoms in total. The second-order valence-electron chi connectivity index (χ2n) is 1.75. The van der Waals surface area contributed by atoms with Crippen molar-refractivity contribution in [2.75, 3.05) is 19.4 Å². The number of aromatic nitrogens is 2. The van der Waals surface area contributed by atoms with Crippen LogP contribution in [0.15, 0.2) is 0 Å². The van der Waals surface area contributed by atoms with E-state index < -0.39 is 0 Å². The molecule has 2 N–H and O–H groups in total. The Balaban J connectivity index is 2.80. The summed E-state index contributed by atoms with van der Waals surface area (Å²) in [4.78, 5) is 14.8. The first-order chi connectivity index (χ1) is 5.27. The molecule has 0 saturated carbocycles. The second kappa shape index (κ2) is 3.29. The number of hydrogen-bond donors (Lipinski definition) is 2. The second-order valence-corrected chi connectivity index (χ2v) is 2.50. The lowest BCUT2D eigenvalue weighted by molar-refractivity contribution is 0.0963. The van der Waals surface area contributed by atoms with Crippen molar-refractivity contribution in [3.05, 3.63) is 5.01 Å². The fourth-order valence-electron chi connectivity index (χ4n) is 0.524. The molecule has 60 valence electrons. The summed E-state index contributed by atoms with van der Waals surface area (Å²) in [7, 11) is 3.26. The van der Waals surface area contributed by atoms with Crippen LogP contribution in [0.1, 0.15) is 9.80 Å². The van der Waals surface area contributed by atoms with Gasteiger partial charge in [-0.2, -0.15) is 9.36 Å². The third kappa shape index (κ3) is 1.64. The van der Waals surface area contributed by atoms with Gasteiger partial charge in [-0.3, -0.25) is 4.79 Å². The van der Waals surface area contributed by atoms with E-state index in [1.165, 1.54) is 0 Å². The van der Waals surface area contributed by atoms with Crippen LogP contribution >= 0.6 is 11.5 Å². The fraction of sp³-hybridized carbons (Fsp3) is 0.400. The summed E-state index contributed by atoms with van der Waals surface area (Å²) < 4.78 is 3.86. The van der Waals surface area contributed by atoms with Crippen LogP contribution in [0.4, 0.5) is 5.95 Å². The van der Waals surface area contributed by atoms with E-state index in [-0.39, 0.29) is 5.91 Å². The number of carbonyl (C=O) groups excluding carboxylic acids is 1. The molecule has 0 aromatic carbocycles. The van der Waals surface area contributed by atoms with Gasteiger partial charge in [0.15, 0.2) is 0 Å². The van der Waals surface area contributed by atoms with Crippen molar-refractivity contribution in [1.82, 2.24) is 14.7 Å².